The number of carboxylic acid groups (broad SMARTS) is 1. The molecule has 2 N–H and O–H groups in total. The van der Waals surface area contributed by atoms with Crippen LogP contribution in [0.5, 0.6) is 0 Å². The molecule has 0 saturated carbocycles. The molecule has 1 aromatic rings. The van der Waals surface area contributed by atoms with Crippen LogP contribution in [0.1, 0.15) is 29.8 Å². The second-order valence-electron chi connectivity index (χ2n) is 4.24. The van der Waals surface area contributed by atoms with Gasteiger partial charge in [0.2, 0.25) is 5.91 Å². The summed E-state index contributed by atoms with van der Waals surface area (Å²) < 4.78 is 0. The summed E-state index contributed by atoms with van der Waals surface area (Å²) in [5, 5.41) is 11.6. The first kappa shape index (κ1) is 15.2. The number of nitrogens with one attached hydrogen (secondary N) is 1. The first-order valence-corrected chi connectivity index (χ1v) is 6.38. The number of nitrogens with zero attached hydrogens (tertiary/aromatic N) is 1. The maximum absolute atomic E-state index is 11.7. The van der Waals surface area contributed by atoms with Crippen LogP contribution in [-0.4, -0.2) is 41.5 Å². The van der Waals surface area contributed by atoms with E-state index in [4.69, 9.17) is 5.11 Å². The van der Waals surface area contributed by atoms with E-state index in [1.807, 2.05) is 18.7 Å². The fraction of sp³-hybridized carbons (Fsp3) is 0.429. The molecule has 0 aromatic heterocycles. The van der Waals surface area contributed by atoms with Crippen molar-refractivity contribution in [3.05, 3.63) is 35.4 Å². The Bertz CT molecular complexity index is 425. The minimum atomic E-state index is -0.947. The van der Waals surface area contributed by atoms with Crippen molar-refractivity contribution < 1.29 is 14.7 Å². The summed E-state index contributed by atoms with van der Waals surface area (Å²) in [5.74, 6) is -0.969. The number of hydrogen-bond acceptors (Lipinski definition) is 3. The van der Waals surface area contributed by atoms with E-state index in [0.717, 1.165) is 18.7 Å². The Morgan fingerprint density at radius 1 is 1.16 bits per heavy atom. The zero-order valence-corrected chi connectivity index (χ0v) is 11.3. The van der Waals surface area contributed by atoms with Gasteiger partial charge in [-0.25, -0.2) is 4.79 Å². The van der Waals surface area contributed by atoms with Crippen molar-refractivity contribution in [2.75, 3.05) is 19.6 Å². The Morgan fingerprint density at radius 2 is 1.74 bits per heavy atom. The van der Waals surface area contributed by atoms with Crippen molar-refractivity contribution in [1.82, 2.24) is 10.2 Å². The molecule has 19 heavy (non-hydrogen) atoms. The van der Waals surface area contributed by atoms with Gasteiger partial charge >= 0.3 is 5.97 Å². The maximum Gasteiger partial charge on any atom is 0.335 e. The molecule has 0 radical (unpaired) electrons. The summed E-state index contributed by atoms with van der Waals surface area (Å²) in [6, 6.07) is 6.49. The van der Waals surface area contributed by atoms with Crippen LogP contribution in [0.4, 0.5) is 0 Å². The van der Waals surface area contributed by atoms with Crippen LogP contribution in [0, 0.1) is 0 Å². The first-order valence-electron chi connectivity index (χ1n) is 6.38. The van der Waals surface area contributed by atoms with E-state index in [1.165, 1.54) is 12.1 Å². The first-order chi connectivity index (χ1) is 9.06. The van der Waals surface area contributed by atoms with Crippen LogP contribution >= 0.6 is 0 Å². The van der Waals surface area contributed by atoms with Crippen molar-refractivity contribution in [3.8, 4) is 0 Å². The predicted octanol–water partition coefficient (Wildman–Crippen LogP) is 1.34. The van der Waals surface area contributed by atoms with E-state index in [-0.39, 0.29) is 11.5 Å². The SMILES string of the molecule is CCN(CC)CC(=O)NCc1ccc(C(=O)O)cc1. The van der Waals surface area contributed by atoms with Crippen LogP contribution in [0.15, 0.2) is 24.3 Å². The summed E-state index contributed by atoms with van der Waals surface area (Å²) in [4.78, 5) is 24.4. The van der Waals surface area contributed by atoms with Crippen molar-refractivity contribution in [2.45, 2.75) is 20.4 Å². The van der Waals surface area contributed by atoms with E-state index < -0.39 is 5.97 Å². The Labute approximate surface area is 113 Å². The summed E-state index contributed by atoms with van der Waals surface area (Å²) >= 11 is 0. The molecule has 0 aliphatic heterocycles. The number of carbonyl (C=O) groups is 2. The lowest BCUT2D eigenvalue weighted by Gasteiger charge is -2.17. The lowest BCUT2D eigenvalue weighted by Crippen LogP contribution is -2.36. The number of carbonyl (C=O) groups excluding carboxylic acids is 1. The molecule has 0 heterocycles. The average Bonchev–Trinajstić information content (AvgIpc) is 2.43. The fourth-order valence-electron chi connectivity index (χ4n) is 1.67. The second-order valence-corrected chi connectivity index (χ2v) is 4.24. The third kappa shape index (κ3) is 5.09. The van der Waals surface area contributed by atoms with Gasteiger partial charge in [0.15, 0.2) is 0 Å². The maximum atomic E-state index is 11.7. The normalized spacial score (nSPS) is 10.5. The highest BCUT2D eigenvalue weighted by molar-refractivity contribution is 5.87. The molecule has 0 bridgehead atoms. The number of carboxylic acids is 1. The monoisotopic (exact) mass is 264 g/mol. The third-order valence-electron chi connectivity index (χ3n) is 2.95. The van der Waals surface area contributed by atoms with Gasteiger partial charge < -0.3 is 10.4 Å². The van der Waals surface area contributed by atoms with Gasteiger partial charge in [0.05, 0.1) is 12.1 Å². The molecule has 1 rings (SSSR count). The van der Waals surface area contributed by atoms with Crippen LogP contribution in [-0.2, 0) is 11.3 Å². The van der Waals surface area contributed by atoms with Gasteiger partial charge in [0, 0.05) is 6.54 Å². The zero-order chi connectivity index (χ0) is 14.3. The number of aromatic carboxylic acids is 1. The largest absolute Gasteiger partial charge is 0.478 e. The molecule has 5 nitrogen and oxygen atoms in total. The number of hydrogen-bond donors (Lipinski definition) is 2. The quantitative estimate of drug-likeness (QED) is 0.780. The van der Waals surface area contributed by atoms with Gasteiger partial charge in [-0.1, -0.05) is 26.0 Å². The molecular weight excluding hydrogens is 244 g/mol. The Morgan fingerprint density at radius 3 is 2.21 bits per heavy atom. The van der Waals surface area contributed by atoms with Crippen molar-refractivity contribution in [2.24, 2.45) is 0 Å². The molecule has 0 spiro atoms. The minimum Gasteiger partial charge on any atom is -0.478 e. The number of amides is 1. The lowest BCUT2D eigenvalue weighted by atomic mass is 10.1. The summed E-state index contributed by atoms with van der Waals surface area (Å²) in [5.41, 5.74) is 1.14. The van der Waals surface area contributed by atoms with Crippen LogP contribution in [0.2, 0.25) is 0 Å². The molecule has 0 unspecified atom stereocenters. The van der Waals surface area contributed by atoms with Crippen LogP contribution in [0.3, 0.4) is 0 Å². The van der Waals surface area contributed by atoms with Crippen molar-refractivity contribution in [1.29, 1.82) is 0 Å². The Kier molecular flexibility index (Phi) is 6.02. The van der Waals surface area contributed by atoms with Crippen LogP contribution in [0.25, 0.3) is 0 Å². The molecule has 1 aromatic carbocycles. The second kappa shape index (κ2) is 7.53. The van der Waals surface area contributed by atoms with Gasteiger partial charge in [-0.3, -0.25) is 9.69 Å². The molecule has 5 heteroatoms. The highest BCUT2D eigenvalue weighted by Gasteiger charge is 2.07. The van der Waals surface area contributed by atoms with E-state index >= 15 is 0 Å². The number of benzene rings is 1. The van der Waals surface area contributed by atoms with E-state index in [0.29, 0.717) is 13.1 Å². The molecule has 0 aliphatic carbocycles. The molecular formula is C14H20N2O3. The van der Waals surface area contributed by atoms with E-state index in [2.05, 4.69) is 5.32 Å². The van der Waals surface area contributed by atoms with Gasteiger partial charge in [0.1, 0.15) is 0 Å². The summed E-state index contributed by atoms with van der Waals surface area (Å²) in [6.45, 7) is 6.53. The van der Waals surface area contributed by atoms with E-state index in [1.54, 1.807) is 12.1 Å². The molecule has 0 aliphatic rings. The van der Waals surface area contributed by atoms with Gasteiger partial charge in [-0.15, -0.1) is 0 Å². The predicted molar refractivity (Wildman–Crippen MR) is 73.0 cm³/mol. The standard InChI is InChI=1S/C14H20N2O3/c1-3-16(4-2)10-13(17)15-9-11-5-7-12(8-6-11)14(18)19/h5-8H,3-4,9-10H2,1-2H3,(H,15,17)(H,18,19). The highest BCUT2D eigenvalue weighted by Crippen LogP contribution is 2.04. The summed E-state index contributed by atoms with van der Waals surface area (Å²) in [7, 11) is 0. The van der Waals surface area contributed by atoms with Crippen molar-refractivity contribution in [3.63, 3.8) is 0 Å². The molecule has 0 atom stereocenters. The third-order valence-corrected chi connectivity index (χ3v) is 2.95. The molecule has 104 valence electrons. The van der Waals surface area contributed by atoms with E-state index in [9.17, 15) is 9.59 Å². The average molecular weight is 264 g/mol. The van der Waals surface area contributed by atoms with Crippen LogP contribution < -0.4 is 5.32 Å². The van der Waals surface area contributed by atoms with Crippen molar-refractivity contribution >= 4 is 11.9 Å². The Hall–Kier alpha value is -1.88. The smallest absolute Gasteiger partial charge is 0.335 e. The Balaban J connectivity index is 2.43. The molecule has 0 fully saturated rings. The summed E-state index contributed by atoms with van der Waals surface area (Å²) in [6.07, 6.45) is 0. The lowest BCUT2D eigenvalue weighted by molar-refractivity contribution is -0.122. The number of rotatable bonds is 7. The highest BCUT2D eigenvalue weighted by atomic mass is 16.4. The number of likely N-dealkylation sites (N-methyl/N-ethyl adjacent to an activating group) is 1. The fourth-order valence-corrected chi connectivity index (χ4v) is 1.67. The topological polar surface area (TPSA) is 69.6 Å². The van der Waals surface area contributed by atoms with Gasteiger partial charge in [-0.05, 0) is 30.8 Å². The zero-order valence-electron chi connectivity index (χ0n) is 11.3. The molecule has 0 saturated heterocycles. The minimum absolute atomic E-state index is 0.0222. The van der Waals surface area contributed by atoms with Gasteiger partial charge in [-0.2, -0.15) is 0 Å². The molecule has 1 amide bonds. The van der Waals surface area contributed by atoms with Gasteiger partial charge in [0.25, 0.3) is 0 Å².